The first-order valence-electron chi connectivity index (χ1n) is 6.30. The van der Waals surface area contributed by atoms with Crippen LogP contribution in [0.25, 0.3) is 0 Å². The minimum atomic E-state index is -0.405. The van der Waals surface area contributed by atoms with Gasteiger partial charge in [0.25, 0.3) is 11.8 Å². The maximum atomic E-state index is 12.0. The summed E-state index contributed by atoms with van der Waals surface area (Å²) in [7, 11) is 1.78. The van der Waals surface area contributed by atoms with Gasteiger partial charge in [-0.25, -0.2) is 0 Å². The Balaban J connectivity index is 2.68. The summed E-state index contributed by atoms with van der Waals surface area (Å²) < 4.78 is 0. The molecule has 0 fully saturated rings. The van der Waals surface area contributed by atoms with E-state index in [-0.39, 0.29) is 18.5 Å². The molecule has 0 saturated carbocycles. The Morgan fingerprint density at radius 1 is 1.32 bits per heavy atom. The van der Waals surface area contributed by atoms with Crippen molar-refractivity contribution in [2.75, 3.05) is 18.9 Å². The SMILES string of the molecule is Cc1cccc(C)c1NC(=O)C[NH+](C)[C@H](C)C(N)=O. The molecule has 19 heavy (non-hydrogen) atoms. The highest BCUT2D eigenvalue weighted by molar-refractivity contribution is 5.93. The van der Waals surface area contributed by atoms with Crippen LogP contribution in [0, 0.1) is 13.8 Å². The normalized spacial score (nSPS) is 13.7. The second kappa shape index (κ2) is 6.33. The van der Waals surface area contributed by atoms with E-state index in [1.807, 2.05) is 32.0 Å². The van der Waals surface area contributed by atoms with Crippen molar-refractivity contribution in [3.05, 3.63) is 29.3 Å². The first kappa shape index (κ1) is 15.2. The highest BCUT2D eigenvalue weighted by Crippen LogP contribution is 2.18. The third-order valence-electron chi connectivity index (χ3n) is 3.35. The molecular weight excluding hydrogens is 242 g/mol. The zero-order chi connectivity index (χ0) is 14.6. The highest BCUT2D eigenvalue weighted by Gasteiger charge is 2.21. The number of rotatable bonds is 5. The number of primary amides is 1. The molecule has 0 aromatic heterocycles. The predicted molar refractivity (Wildman–Crippen MR) is 75.0 cm³/mol. The average Bonchev–Trinajstić information content (AvgIpc) is 2.32. The molecule has 1 aromatic carbocycles. The fourth-order valence-corrected chi connectivity index (χ4v) is 1.84. The quantitative estimate of drug-likeness (QED) is 0.678. The molecule has 2 atom stereocenters. The lowest BCUT2D eigenvalue weighted by Crippen LogP contribution is -3.15. The van der Waals surface area contributed by atoms with E-state index in [2.05, 4.69) is 5.32 Å². The second-order valence-corrected chi connectivity index (χ2v) is 4.96. The first-order valence-corrected chi connectivity index (χ1v) is 6.30. The van der Waals surface area contributed by atoms with Crippen molar-refractivity contribution < 1.29 is 14.5 Å². The number of carbonyl (C=O) groups excluding carboxylic acids is 2. The van der Waals surface area contributed by atoms with Gasteiger partial charge in [-0.3, -0.25) is 9.59 Å². The summed E-state index contributed by atoms with van der Waals surface area (Å²) in [5, 5.41) is 2.89. The summed E-state index contributed by atoms with van der Waals surface area (Å²) in [5.41, 5.74) is 8.11. The van der Waals surface area contributed by atoms with Crippen LogP contribution in [0.1, 0.15) is 18.1 Å². The monoisotopic (exact) mass is 264 g/mol. The molecule has 0 aliphatic rings. The minimum Gasteiger partial charge on any atom is -0.365 e. The van der Waals surface area contributed by atoms with E-state index in [0.29, 0.717) is 0 Å². The third-order valence-corrected chi connectivity index (χ3v) is 3.35. The van der Waals surface area contributed by atoms with Crippen molar-refractivity contribution in [2.45, 2.75) is 26.8 Å². The van der Waals surface area contributed by atoms with Crippen LogP contribution in [0.5, 0.6) is 0 Å². The number of aryl methyl sites for hydroxylation is 2. The molecule has 1 aromatic rings. The average molecular weight is 264 g/mol. The summed E-state index contributed by atoms with van der Waals surface area (Å²) >= 11 is 0. The van der Waals surface area contributed by atoms with E-state index >= 15 is 0 Å². The van der Waals surface area contributed by atoms with Gasteiger partial charge < -0.3 is 16.0 Å². The number of para-hydroxylation sites is 1. The predicted octanol–water partition coefficient (Wildman–Crippen LogP) is -0.370. The number of hydrogen-bond acceptors (Lipinski definition) is 2. The van der Waals surface area contributed by atoms with E-state index in [0.717, 1.165) is 21.7 Å². The van der Waals surface area contributed by atoms with E-state index in [9.17, 15) is 9.59 Å². The van der Waals surface area contributed by atoms with Gasteiger partial charge in [-0.05, 0) is 31.9 Å². The Labute approximate surface area is 113 Å². The Hall–Kier alpha value is -1.88. The number of anilines is 1. The molecule has 0 heterocycles. The van der Waals surface area contributed by atoms with Gasteiger partial charge >= 0.3 is 0 Å². The molecule has 1 rings (SSSR count). The van der Waals surface area contributed by atoms with E-state index in [1.165, 1.54) is 0 Å². The van der Waals surface area contributed by atoms with Crippen molar-refractivity contribution in [3.63, 3.8) is 0 Å². The molecular formula is C14H22N3O2+. The summed E-state index contributed by atoms with van der Waals surface area (Å²) in [6.45, 7) is 5.82. The van der Waals surface area contributed by atoms with Crippen LogP contribution in [0.4, 0.5) is 5.69 Å². The number of quaternary nitrogens is 1. The van der Waals surface area contributed by atoms with E-state index in [1.54, 1.807) is 14.0 Å². The third kappa shape index (κ3) is 4.06. The summed E-state index contributed by atoms with van der Waals surface area (Å²) in [6.07, 6.45) is 0. The van der Waals surface area contributed by atoms with Gasteiger partial charge in [-0.15, -0.1) is 0 Å². The standard InChI is InChI=1S/C14H21N3O2/c1-9-6-5-7-10(2)13(9)16-12(18)8-17(4)11(3)14(15)19/h5-7,11H,8H2,1-4H3,(H2,15,19)(H,16,18)/p+1/t11-/m1/s1. The van der Waals surface area contributed by atoms with E-state index < -0.39 is 5.91 Å². The minimum absolute atomic E-state index is 0.122. The van der Waals surface area contributed by atoms with Gasteiger partial charge in [0.15, 0.2) is 12.6 Å². The largest absolute Gasteiger partial charge is 0.365 e. The lowest BCUT2D eigenvalue weighted by molar-refractivity contribution is -0.885. The zero-order valence-corrected chi connectivity index (χ0v) is 11.9. The molecule has 1 unspecified atom stereocenters. The molecule has 0 aliphatic carbocycles. The van der Waals surface area contributed by atoms with Crippen molar-refractivity contribution in [3.8, 4) is 0 Å². The highest BCUT2D eigenvalue weighted by atomic mass is 16.2. The van der Waals surface area contributed by atoms with Crippen molar-refractivity contribution >= 4 is 17.5 Å². The van der Waals surface area contributed by atoms with Gasteiger partial charge in [-0.1, -0.05) is 18.2 Å². The number of nitrogens with one attached hydrogen (secondary N) is 2. The van der Waals surface area contributed by atoms with Crippen LogP contribution in [-0.4, -0.2) is 31.4 Å². The van der Waals surface area contributed by atoms with E-state index in [4.69, 9.17) is 5.73 Å². The molecule has 5 heteroatoms. The summed E-state index contributed by atoms with van der Waals surface area (Å²) in [6, 6.07) is 5.47. The number of amides is 2. The fraction of sp³-hybridized carbons (Fsp3) is 0.429. The van der Waals surface area contributed by atoms with Crippen LogP contribution in [0.15, 0.2) is 18.2 Å². The van der Waals surface area contributed by atoms with Crippen LogP contribution in [-0.2, 0) is 9.59 Å². The molecule has 0 radical (unpaired) electrons. The fourth-order valence-electron chi connectivity index (χ4n) is 1.84. The summed E-state index contributed by atoms with van der Waals surface area (Å²) in [5.74, 6) is -0.527. The molecule has 5 nitrogen and oxygen atoms in total. The lowest BCUT2D eigenvalue weighted by atomic mass is 10.1. The Morgan fingerprint density at radius 2 is 1.84 bits per heavy atom. The van der Waals surface area contributed by atoms with Crippen LogP contribution < -0.4 is 16.0 Å². The molecule has 0 aliphatic heterocycles. The molecule has 2 amide bonds. The van der Waals surface area contributed by atoms with Crippen LogP contribution >= 0.6 is 0 Å². The molecule has 104 valence electrons. The van der Waals surface area contributed by atoms with Crippen LogP contribution in [0.3, 0.4) is 0 Å². The van der Waals surface area contributed by atoms with Crippen molar-refractivity contribution in [1.29, 1.82) is 0 Å². The Bertz CT molecular complexity index is 465. The second-order valence-electron chi connectivity index (χ2n) is 4.96. The number of hydrogen-bond donors (Lipinski definition) is 3. The lowest BCUT2D eigenvalue weighted by Gasteiger charge is -2.19. The number of carbonyl (C=O) groups is 2. The van der Waals surface area contributed by atoms with Crippen molar-refractivity contribution in [1.82, 2.24) is 0 Å². The Kier molecular flexibility index (Phi) is 5.06. The summed E-state index contributed by atoms with van der Waals surface area (Å²) in [4.78, 5) is 23.8. The maximum absolute atomic E-state index is 12.0. The van der Waals surface area contributed by atoms with Gasteiger partial charge in [-0.2, -0.15) is 0 Å². The van der Waals surface area contributed by atoms with Crippen LogP contribution in [0.2, 0.25) is 0 Å². The first-order chi connectivity index (χ1) is 8.82. The van der Waals surface area contributed by atoms with Gasteiger partial charge in [0.1, 0.15) is 0 Å². The van der Waals surface area contributed by atoms with Crippen molar-refractivity contribution in [2.24, 2.45) is 5.73 Å². The van der Waals surface area contributed by atoms with Gasteiger partial charge in [0.2, 0.25) is 0 Å². The number of benzene rings is 1. The van der Waals surface area contributed by atoms with Gasteiger partial charge in [0.05, 0.1) is 7.05 Å². The molecule has 0 spiro atoms. The maximum Gasteiger partial charge on any atom is 0.279 e. The van der Waals surface area contributed by atoms with Gasteiger partial charge in [0, 0.05) is 5.69 Å². The topological polar surface area (TPSA) is 76.6 Å². The Morgan fingerprint density at radius 3 is 2.32 bits per heavy atom. The smallest absolute Gasteiger partial charge is 0.279 e. The molecule has 0 saturated heterocycles. The molecule has 4 N–H and O–H groups in total. The number of nitrogens with two attached hydrogens (primary N) is 1. The zero-order valence-electron chi connectivity index (χ0n) is 11.9. The number of likely N-dealkylation sites (N-methyl/N-ethyl adjacent to an activating group) is 1. The molecule has 0 bridgehead atoms.